The fourth-order valence-electron chi connectivity index (χ4n) is 1.24. The van der Waals surface area contributed by atoms with Crippen LogP contribution < -0.4 is 0 Å². The molecule has 96 valence electrons. The van der Waals surface area contributed by atoms with Crippen molar-refractivity contribution >= 4 is 5.71 Å². The lowest BCUT2D eigenvalue weighted by molar-refractivity contribution is 0.196. The molecule has 2 atom stereocenters. The van der Waals surface area contributed by atoms with Crippen LogP contribution in [0, 0.1) is 5.41 Å². The van der Waals surface area contributed by atoms with Crippen LogP contribution in [0.25, 0.3) is 0 Å². The van der Waals surface area contributed by atoms with Crippen molar-refractivity contribution in [3.8, 4) is 0 Å². The van der Waals surface area contributed by atoms with E-state index in [-0.39, 0.29) is 6.10 Å². The Labute approximate surface area is 104 Å². The molecule has 0 unspecified atom stereocenters. The third-order valence-corrected chi connectivity index (χ3v) is 2.02. The summed E-state index contributed by atoms with van der Waals surface area (Å²) in [7, 11) is 0. The zero-order chi connectivity index (χ0) is 13.3. The molecule has 3 N–H and O–H groups in total. The van der Waals surface area contributed by atoms with Gasteiger partial charge in [0.1, 0.15) is 0 Å². The fourth-order valence-corrected chi connectivity index (χ4v) is 1.24. The van der Waals surface area contributed by atoms with Gasteiger partial charge in [-0.1, -0.05) is 30.4 Å². The Balaban J connectivity index is 3.86. The Morgan fingerprint density at radius 1 is 1.29 bits per heavy atom. The van der Waals surface area contributed by atoms with E-state index >= 15 is 0 Å². The zero-order valence-electron chi connectivity index (χ0n) is 10.7. The highest BCUT2D eigenvalue weighted by molar-refractivity contribution is 5.93. The molecule has 0 rings (SSSR count). The van der Waals surface area contributed by atoms with Crippen LogP contribution >= 0.6 is 0 Å². The number of allylic oxidation sites excluding steroid dienone is 2. The lowest BCUT2D eigenvalue weighted by Crippen LogP contribution is -2.02. The second kappa shape index (κ2) is 8.90. The predicted molar refractivity (Wildman–Crippen MR) is 72.4 cm³/mol. The van der Waals surface area contributed by atoms with Gasteiger partial charge in [-0.2, -0.15) is 0 Å². The lowest BCUT2D eigenvalue weighted by atomic mass is 10.1. The summed E-state index contributed by atoms with van der Waals surface area (Å²) in [5.41, 5.74) is 1.45. The van der Waals surface area contributed by atoms with Crippen LogP contribution in [-0.2, 0) is 0 Å². The Morgan fingerprint density at radius 3 is 2.47 bits per heavy atom. The summed E-state index contributed by atoms with van der Waals surface area (Å²) in [4.78, 5) is 0. The summed E-state index contributed by atoms with van der Waals surface area (Å²) in [5, 5.41) is 26.1. The molecule has 17 heavy (non-hydrogen) atoms. The SMILES string of the molecule is C=C(C)CC(=N)/C=C/C[C@H](O)/C=C/C[C@@H](C)O. The van der Waals surface area contributed by atoms with Crippen LogP contribution in [0.5, 0.6) is 0 Å². The Kier molecular flexibility index (Phi) is 8.28. The fraction of sp³-hybridized carbons (Fsp3) is 0.500. The molecular weight excluding hydrogens is 214 g/mol. The van der Waals surface area contributed by atoms with E-state index in [1.807, 2.05) is 6.92 Å². The standard InChI is InChI=1S/C14H23NO2/c1-11(2)10-13(15)7-5-9-14(17)8-4-6-12(3)16/h4-5,7-8,12,14-17H,1,6,9-10H2,2-3H3/b7-5+,8-4+,15-13?/t12-,14-/m1/s1. The first kappa shape index (κ1) is 15.8. The molecule has 3 nitrogen and oxygen atoms in total. The van der Waals surface area contributed by atoms with Crippen molar-refractivity contribution in [1.82, 2.24) is 0 Å². The maximum Gasteiger partial charge on any atom is 0.0755 e. The average Bonchev–Trinajstić information content (AvgIpc) is 2.15. The Bertz CT molecular complexity index is 303. The second-order valence-electron chi connectivity index (χ2n) is 4.38. The molecule has 0 saturated heterocycles. The minimum Gasteiger partial charge on any atom is -0.393 e. The summed E-state index contributed by atoms with van der Waals surface area (Å²) in [6.45, 7) is 7.33. The molecule has 0 aliphatic rings. The summed E-state index contributed by atoms with van der Waals surface area (Å²) >= 11 is 0. The summed E-state index contributed by atoms with van der Waals surface area (Å²) in [6, 6.07) is 0. The number of hydrogen-bond donors (Lipinski definition) is 3. The Morgan fingerprint density at radius 2 is 1.94 bits per heavy atom. The van der Waals surface area contributed by atoms with E-state index in [0.717, 1.165) is 5.57 Å². The number of nitrogens with one attached hydrogen (secondary N) is 1. The van der Waals surface area contributed by atoms with Gasteiger partial charge in [0.2, 0.25) is 0 Å². The van der Waals surface area contributed by atoms with Crippen LogP contribution in [0.4, 0.5) is 0 Å². The van der Waals surface area contributed by atoms with Gasteiger partial charge in [0, 0.05) is 12.1 Å². The molecule has 0 radical (unpaired) electrons. The molecule has 0 fully saturated rings. The van der Waals surface area contributed by atoms with Crippen molar-refractivity contribution in [2.75, 3.05) is 0 Å². The molecule has 0 heterocycles. The van der Waals surface area contributed by atoms with Gasteiger partial charge in [-0.05, 0) is 32.8 Å². The maximum absolute atomic E-state index is 9.55. The number of rotatable bonds is 8. The van der Waals surface area contributed by atoms with Gasteiger partial charge in [0.15, 0.2) is 0 Å². The van der Waals surface area contributed by atoms with Crippen molar-refractivity contribution in [2.45, 2.75) is 45.3 Å². The van der Waals surface area contributed by atoms with Gasteiger partial charge in [-0.25, -0.2) is 0 Å². The zero-order valence-corrected chi connectivity index (χ0v) is 10.7. The molecule has 0 aliphatic heterocycles. The van der Waals surface area contributed by atoms with E-state index in [0.29, 0.717) is 25.0 Å². The smallest absolute Gasteiger partial charge is 0.0755 e. The minimum atomic E-state index is -0.553. The lowest BCUT2D eigenvalue weighted by Gasteiger charge is -2.02. The van der Waals surface area contributed by atoms with Crippen molar-refractivity contribution in [1.29, 1.82) is 5.41 Å². The largest absolute Gasteiger partial charge is 0.393 e. The summed E-state index contributed by atoms with van der Waals surface area (Å²) in [5.74, 6) is 0. The maximum atomic E-state index is 9.55. The highest BCUT2D eigenvalue weighted by atomic mass is 16.3. The summed E-state index contributed by atoms with van der Waals surface area (Å²) in [6.07, 6.45) is 7.58. The normalized spacial score (nSPS) is 15.3. The van der Waals surface area contributed by atoms with E-state index < -0.39 is 6.10 Å². The van der Waals surface area contributed by atoms with E-state index in [1.165, 1.54) is 0 Å². The highest BCUT2D eigenvalue weighted by Crippen LogP contribution is 2.01. The van der Waals surface area contributed by atoms with Crippen molar-refractivity contribution in [2.24, 2.45) is 0 Å². The monoisotopic (exact) mass is 237 g/mol. The van der Waals surface area contributed by atoms with E-state index in [4.69, 9.17) is 10.5 Å². The van der Waals surface area contributed by atoms with Crippen molar-refractivity contribution in [3.63, 3.8) is 0 Å². The molecular formula is C14H23NO2. The van der Waals surface area contributed by atoms with Gasteiger partial charge < -0.3 is 15.6 Å². The molecule has 0 spiro atoms. The summed E-state index contributed by atoms with van der Waals surface area (Å²) < 4.78 is 0. The van der Waals surface area contributed by atoms with E-state index in [2.05, 4.69) is 6.58 Å². The molecule has 0 aromatic carbocycles. The molecule has 0 saturated carbocycles. The average molecular weight is 237 g/mol. The first-order valence-corrected chi connectivity index (χ1v) is 5.83. The second-order valence-corrected chi connectivity index (χ2v) is 4.38. The molecule has 0 aromatic heterocycles. The topological polar surface area (TPSA) is 64.3 Å². The molecule has 0 bridgehead atoms. The molecule has 0 amide bonds. The van der Waals surface area contributed by atoms with Crippen LogP contribution in [0.2, 0.25) is 0 Å². The third-order valence-electron chi connectivity index (χ3n) is 2.02. The molecule has 3 heteroatoms. The highest BCUT2D eigenvalue weighted by Gasteiger charge is 1.97. The number of hydrogen-bond acceptors (Lipinski definition) is 3. The van der Waals surface area contributed by atoms with Crippen molar-refractivity contribution < 1.29 is 10.2 Å². The molecule has 0 aromatic rings. The third kappa shape index (κ3) is 11.1. The van der Waals surface area contributed by atoms with Gasteiger partial charge >= 0.3 is 0 Å². The number of aliphatic hydroxyl groups is 2. The minimum absolute atomic E-state index is 0.377. The van der Waals surface area contributed by atoms with Crippen LogP contribution in [0.1, 0.15) is 33.1 Å². The van der Waals surface area contributed by atoms with Crippen LogP contribution in [0.3, 0.4) is 0 Å². The van der Waals surface area contributed by atoms with E-state index in [9.17, 15) is 5.11 Å². The van der Waals surface area contributed by atoms with Gasteiger partial charge in [-0.15, -0.1) is 0 Å². The molecule has 0 aliphatic carbocycles. The number of aliphatic hydroxyl groups excluding tert-OH is 2. The first-order valence-electron chi connectivity index (χ1n) is 5.83. The van der Waals surface area contributed by atoms with Gasteiger partial charge in [0.25, 0.3) is 0 Å². The van der Waals surface area contributed by atoms with Crippen LogP contribution in [-0.4, -0.2) is 28.1 Å². The van der Waals surface area contributed by atoms with Gasteiger partial charge in [0.05, 0.1) is 12.2 Å². The van der Waals surface area contributed by atoms with Crippen LogP contribution in [0.15, 0.2) is 36.5 Å². The predicted octanol–water partition coefficient (Wildman–Crippen LogP) is 2.61. The quantitative estimate of drug-likeness (QED) is 0.449. The Hall–Kier alpha value is -1.19. The van der Waals surface area contributed by atoms with Gasteiger partial charge in [-0.3, -0.25) is 0 Å². The first-order chi connectivity index (χ1) is 7.91. The van der Waals surface area contributed by atoms with Crippen molar-refractivity contribution in [3.05, 3.63) is 36.5 Å². The van der Waals surface area contributed by atoms with E-state index in [1.54, 1.807) is 31.2 Å².